The Kier molecular flexibility index (Phi) is 7.09. The second-order valence-corrected chi connectivity index (χ2v) is 6.06. The fraction of sp³-hybridized carbons (Fsp3) is 0.176. The van der Waals surface area contributed by atoms with Crippen LogP contribution in [0.3, 0.4) is 0 Å². The first-order valence-electron chi connectivity index (χ1n) is 7.35. The average molecular weight is 428 g/mol. The van der Waals surface area contributed by atoms with E-state index in [4.69, 9.17) is 21.1 Å². The molecule has 1 amide bonds. The summed E-state index contributed by atoms with van der Waals surface area (Å²) in [6.45, 7) is 2.01. The number of nitrogens with one attached hydrogen (secondary N) is 1. The highest BCUT2D eigenvalue weighted by Gasteiger charge is 2.08. The Morgan fingerprint density at radius 1 is 1.32 bits per heavy atom. The van der Waals surface area contributed by atoms with Gasteiger partial charge in [-0.2, -0.15) is 5.10 Å². The SMILES string of the molecule is CCOc1cc(/C=N/NC(=O)COc2ccccc2Cl)cc(Br)c1O. The lowest BCUT2D eigenvalue weighted by molar-refractivity contribution is -0.123. The Morgan fingerprint density at radius 3 is 2.80 bits per heavy atom. The van der Waals surface area contributed by atoms with Crippen molar-refractivity contribution < 1.29 is 19.4 Å². The van der Waals surface area contributed by atoms with Crippen molar-refractivity contribution >= 4 is 39.7 Å². The lowest BCUT2D eigenvalue weighted by atomic mass is 10.2. The van der Waals surface area contributed by atoms with Gasteiger partial charge in [0.15, 0.2) is 18.1 Å². The van der Waals surface area contributed by atoms with Crippen LogP contribution in [0.1, 0.15) is 12.5 Å². The number of phenols is 1. The fourth-order valence-electron chi connectivity index (χ4n) is 1.85. The third kappa shape index (κ3) is 5.65. The molecule has 0 atom stereocenters. The summed E-state index contributed by atoms with van der Waals surface area (Å²) in [5.41, 5.74) is 2.99. The first kappa shape index (κ1) is 19.1. The summed E-state index contributed by atoms with van der Waals surface area (Å²) in [6.07, 6.45) is 1.43. The van der Waals surface area contributed by atoms with Crippen molar-refractivity contribution in [3.8, 4) is 17.2 Å². The minimum atomic E-state index is -0.431. The van der Waals surface area contributed by atoms with Crippen LogP contribution in [-0.2, 0) is 4.79 Å². The van der Waals surface area contributed by atoms with E-state index in [1.54, 1.807) is 36.4 Å². The number of hydrazone groups is 1. The lowest BCUT2D eigenvalue weighted by Crippen LogP contribution is -2.24. The van der Waals surface area contributed by atoms with Crippen LogP contribution in [-0.4, -0.2) is 30.4 Å². The molecule has 2 N–H and O–H groups in total. The summed E-state index contributed by atoms with van der Waals surface area (Å²) < 4.78 is 11.1. The molecule has 0 aromatic heterocycles. The highest BCUT2D eigenvalue weighted by Crippen LogP contribution is 2.35. The van der Waals surface area contributed by atoms with Gasteiger partial charge in [-0.3, -0.25) is 4.79 Å². The molecule has 0 aliphatic carbocycles. The van der Waals surface area contributed by atoms with Gasteiger partial charge in [0, 0.05) is 0 Å². The fourth-order valence-corrected chi connectivity index (χ4v) is 2.50. The second-order valence-electron chi connectivity index (χ2n) is 4.79. The van der Waals surface area contributed by atoms with Gasteiger partial charge in [-0.15, -0.1) is 0 Å². The van der Waals surface area contributed by atoms with Crippen LogP contribution in [0.5, 0.6) is 17.2 Å². The number of ether oxygens (including phenoxy) is 2. The number of nitrogens with zero attached hydrogens (tertiary/aromatic N) is 1. The number of carbonyl (C=O) groups excluding carboxylic acids is 1. The maximum atomic E-state index is 11.7. The van der Waals surface area contributed by atoms with Crippen LogP contribution in [0, 0.1) is 0 Å². The summed E-state index contributed by atoms with van der Waals surface area (Å²) in [7, 11) is 0. The van der Waals surface area contributed by atoms with Crippen molar-refractivity contribution in [1.29, 1.82) is 0 Å². The van der Waals surface area contributed by atoms with Gasteiger partial charge in [0.1, 0.15) is 5.75 Å². The summed E-state index contributed by atoms with van der Waals surface area (Å²) in [5.74, 6) is 0.328. The number of rotatable bonds is 7. The van der Waals surface area contributed by atoms with E-state index >= 15 is 0 Å². The maximum Gasteiger partial charge on any atom is 0.277 e. The molecule has 2 aromatic rings. The zero-order chi connectivity index (χ0) is 18.2. The number of aromatic hydroxyl groups is 1. The van der Waals surface area contributed by atoms with Crippen LogP contribution < -0.4 is 14.9 Å². The molecule has 0 spiro atoms. The third-order valence-corrected chi connectivity index (χ3v) is 3.87. The molecule has 2 aromatic carbocycles. The van der Waals surface area contributed by atoms with Crippen molar-refractivity contribution in [3.05, 3.63) is 51.5 Å². The minimum Gasteiger partial charge on any atom is -0.503 e. The molecule has 0 aliphatic heterocycles. The number of hydrogen-bond donors (Lipinski definition) is 2. The normalized spacial score (nSPS) is 10.7. The maximum absolute atomic E-state index is 11.7. The molecule has 0 unspecified atom stereocenters. The Balaban J connectivity index is 1.92. The van der Waals surface area contributed by atoms with E-state index in [0.717, 1.165) is 0 Å². The first-order chi connectivity index (χ1) is 12.0. The zero-order valence-electron chi connectivity index (χ0n) is 13.3. The summed E-state index contributed by atoms with van der Waals surface area (Å²) >= 11 is 9.17. The second kappa shape index (κ2) is 9.29. The van der Waals surface area contributed by atoms with E-state index in [-0.39, 0.29) is 12.4 Å². The first-order valence-corrected chi connectivity index (χ1v) is 8.53. The van der Waals surface area contributed by atoms with Crippen molar-refractivity contribution in [3.63, 3.8) is 0 Å². The van der Waals surface area contributed by atoms with Crippen molar-refractivity contribution in [1.82, 2.24) is 5.43 Å². The average Bonchev–Trinajstić information content (AvgIpc) is 2.58. The molecule has 0 saturated heterocycles. The van der Waals surface area contributed by atoms with Crippen LogP contribution >= 0.6 is 27.5 Å². The van der Waals surface area contributed by atoms with Crippen LogP contribution in [0.4, 0.5) is 0 Å². The van der Waals surface area contributed by atoms with Gasteiger partial charge in [0.05, 0.1) is 22.3 Å². The van der Waals surface area contributed by atoms with Crippen LogP contribution in [0.2, 0.25) is 5.02 Å². The number of benzene rings is 2. The molecule has 2 rings (SSSR count). The molecule has 25 heavy (non-hydrogen) atoms. The topological polar surface area (TPSA) is 80.2 Å². The van der Waals surface area contributed by atoms with Gasteiger partial charge in [-0.25, -0.2) is 5.43 Å². The van der Waals surface area contributed by atoms with Crippen LogP contribution in [0.15, 0.2) is 46.0 Å². The van der Waals surface area contributed by atoms with Crippen molar-refractivity contribution in [2.24, 2.45) is 5.10 Å². The van der Waals surface area contributed by atoms with E-state index in [2.05, 4.69) is 26.5 Å². The summed E-state index contributed by atoms with van der Waals surface area (Å²) in [5, 5.41) is 14.1. The number of para-hydroxylation sites is 1. The Hall–Kier alpha value is -2.25. The van der Waals surface area contributed by atoms with E-state index in [1.807, 2.05) is 6.92 Å². The predicted octanol–water partition coefficient (Wildman–Crippen LogP) is 3.74. The van der Waals surface area contributed by atoms with E-state index < -0.39 is 5.91 Å². The smallest absolute Gasteiger partial charge is 0.277 e. The number of halogens is 2. The van der Waals surface area contributed by atoms with Gasteiger partial charge in [0.2, 0.25) is 0 Å². The van der Waals surface area contributed by atoms with E-state index in [1.165, 1.54) is 6.21 Å². The van der Waals surface area contributed by atoms with E-state index in [0.29, 0.717) is 33.2 Å². The molecule has 8 heteroatoms. The number of amides is 1. The molecular formula is C17H16BrClN2O4. The van der Waals surface area contributed by atoms with Gasteiger partial charge in [-0.05, 0) is 52.7 Å². The summed E-state index contributed by atoms with van der Waals surface area (Å²) in [4.78, 5) is 11.7. The monoisotopic (exact) mass is 426 g/mol. The highest BCUT2D eigenvalue weighted by molar-refractivity contribution is 9.10. The van der Waals surface area contributed by atoms with Gasteiger partial charge < -0.3 is 14.6 Å². The van der Waals surface area contributed by atoms with Gasteiger partial charge >= 0.3 is 0 Å². The molecule has 0 aliphatic rings. The largest absolute Gasteiger partial charge is 0.503 e. The van der Waals surface area contributed by atoms with Gasteiger partial charge in [-0.1, -0.05) is 23.7 Å². The lowest BCUT2D eigenvalue weighted by Gasteiger charge is -2.08. The standard InChI is InChI=1S/C17H16BrClN2O4/c1-2-24-15-8-11(7-12(18)17(15)23)9-20-21-16(22)10-25-14-6-4-3-5-13(14)19/h3-9,23H,2,10H2,1H3,(H,21,22)/b20-9+. The molecule has 0 radical (unpaired) electrons. The Morgan fingerprint density at radius 2 is 2.08 bits per heavy atom. The zero-order valence-corrected chi connectivity index (χ0v) is 15.7. The molecular weight excluding hydrogens is 412 g/mol. The Labute approximate surface area is 158 Å². The molecule has 0 saturated carbocycles. The molecule has 0 heterocycles. The van der Waals surface area contributed by atoms with Crippen molar-refractivity contribution in [2.75, 3.05) is 13.2 Å². The number of phenolic OH excluding ortho intramolecular Hbond substituents is 1. The van der Waals surface area contributed by atoms with Crippen molar-refractivity contribution in [2.45, 2.75) is 6.92 Å². The predicted molar refractivity (Wildman–Crippen MR) is 99.7 cm³/mol. The Bertz CT molecular complexity index is 783. The summed E-state index contributed by atoms with van der Waals surface area (Å²) in [6, 6.07) is 10.1. The highest BCUT2D eigenvalue weighted by atomic mass is 79.9. The van der Waals surface area contributed by atoms with Gasteiger partial charge in [0.25, 0.3) is 5.91 Å². The molecule has 132 valence electrons. The third-order valence-electron chi connectivity index (χ3n) is 2.95. The molecule has 0 fully saturated rings. The number of hydrogen-bond acceptors (Lipinski definition) is 5. The molecule has 6 nitrogen and oxygen atoms in total. The molecule has 0 bridgehead atoms. The minimum absolute atomic E-state index is 0.0103. The van der Waals surface area contributed by atoms with Crippen LogP contribution in [0.25, 0.3) is 0 Å². The quantitative estimate of drug-likeness (QED) is 0.521. The number of carbonyl (C=O) groups is 1. The van der Waals surface area contributed by atoms with E-state index in [9.17, 15) is 9.90 Å².